The quantitative estimate of drug-likeness (QED) is 0.626. The van der Waals surface area contributed by atoms with Crippen molar-refractivity contribution in [2.24, 2.45) is 5.92 Å². The number of halogens is 3. The third-order valence-corrected chi connectivity index (χ3v) is 1.94. The third kappa shape index (κ3) is 7.47. The Balaban J connectivity index is 3.82. The van der Waals surface area contributed by atoms with Crippen molar-refractivity contribution in [2.75, 3.05) is 19.7 Å². The first-order chi connectivity index (χ1) is 7.26. The Bertz CT molecular complexity index is 221. The number of hydrogen-bond acceptors (Lipinski definition) is 3. The fraction of sp³-hybridized carbons (Fsp3) is 0.889. The maximum Gasteiger partial charge on any atom is 0.405 e. The van der Waals surface area contributed by atoms with Crippen LogP contribution < -0.4 is 10.6 Å². The summed E-state index contributed by atoms with van der Waals surface area (Å²) in [7, 11) is 0. The van der Waals surface area contributed by atoms with Crippen LogP contribution in [0.5, 0.6) is 0 Å². The van der Waals surface area contributed by atoms with Crippen LogP contribution in [0, 0.1) is 5.92 Å². The van der Waals surface area contributed by atoms with E-state index in [1.54, 1.807) is 12.2 Å². The van der Waals surface area contributed by atoms with Gasteiger partial charge in [-0.2, -0.15) is 13.2 Å². The molecule has 0 aromatic carbocycles. The zero-order chi connectivity index (χ0) is 12.8. The molecule has 0 saturated carbocycles. The molecule has 7 heteroatoms. The summed E-state index contributed by atoms with van der Waals surface area (Å²) in [5.74, 6) is -0.750. The van der Waals surface area contributed by atoms with Crippen LogP contribution in [-0.2, 0) is 4.79 Å². The van der Waals surface area contributed by atoms with Gasteiger partial charge in [0.15, 0.2) is 0 Å². The Labute approximate surface area is 92.2 Å². The van der Waals surface area contributed by atoms with Crippen molar-refractivity contribution >= 4 is 5.91 Å². The highest BCUT2D eigenvalue weighted by Gasteiger charge is 2.28. The minimum absolute atomic E-state index is 0.0378. The standard InChI is InChI=1S/C9H17F3N2O2/c1-6(4-15)3-13-7(2)8(16)14-5-9(10,11)12/h6-7,13,15H,3-5H2,1-2H3,(H,14,16). The van der Waals surface area contributed by atoms with Gasteiger partial charge in [0.25, 0.3) is 0 Å². The van der Waals surface area contributed by atoms with Gasteiger partial charge in [-0.1, -0.05) is 6.92 Å². The molecule has 2 atom stereocenters. The van der Waals surface area contributed by atoms with Gasteiger partial charge in [0.1, 0.15) is 6.54 Å². The molecule has 1 amide bonds. The van der Waals surface area contributed by atoms with Crippen molar-refractivity contribution in [2.45, 2.75) is 26.1 Å². The van der Waals surface area contributed by atoms with Crippen molar-refractivity contribution in [1.29, 1.82) is 0 Å². The molecule has 0 heterocycles. The normalized spacial score (nSPS) is 15.6. The topological polar surface area (TPSA) is 61.4 Å². The second kappa shape index (κ2) is 6.70. The van der Waals surface area contributed by atoms with E-state index in [0.717, 1.165) is 0 Å². The lowest BCUT2D eigenvalue weighted by Crippen LogP contribution is -2.46. The second-order valence-corrected chi connectivity index (χ2v) is 3.75. The van der Waals surface area contributed by atoms with E-state index in [1.807, 2.05) is 0 Å². The lowest BCUT2D eigenvalue weighted by molar-refractivity contribution is -0.139. The summed E-state index contributed by atoms with van der Waals surface area (Å²) in [6, 6.07) is -0.712. The average Bonchev–Trinajstić information content (AvgIpc) is 2.20. The maximum absolute atomic E-state index is 11.8. The summed E-state index contributed by atoms with van der Waals surface area (Å²) in [6.07, 6.45) is -4.40. The van der Waals surface area contributed by atoms with Gasteiger partial charge in [0, 0.05) is 13.2 Å². The summed E-state index contributed by atoms with van der Waals surface area (Å²) in [5.41, 5.74) is 0. The molecule has 0 saturated heterocycles. The Hall–Kier alpha value is -0.820. The predicted octanol–water partition coefficient (Wildman–Crippen LogP) is 0.271. The maximum atomic E-state index is 11.8. The van der Waals surface area contributed by atoms with Crippen molar-refractivity contribution in [3.63, 3.8) is 0 Å². The van der Waals surface area contributed by atoms with Gasteiger partial charge < -0.3 is 15.7 Å². The molecule has 0 rings (SSSR count). The molecule has 2 unspecified atom stereocenters. The average molecular weight is 242 g/mol. The summed E-state index contributed by atoms with van der Waals surface area (Å²) < 4.78 is 35.3. The molecule has 96 valence electrons. The van der Waals surface area contributed by atoms with Crippen LogP contribution in [0.1, 0.15) is 13.8 Å². The Morgan fingerprint density at radius 2 is 1.94 bits per heavy atom. The van der Waals surface area contributed by atoms with Gasteiger partial charge in [0.05, 0.1) is 6.04 Å². The lowest BCUT2D eigenvalue weighted by Gasteiger charge is -2.16. The zero-order valence-corrected chi connectivity index (χ0v) is 9.27. The summed E-state index contributed by atoms with van der Waals surface area (Å²) in [5, 5.41) is 13.2. The Morgan fingerprint density at radius 3 is 2.38 bits per heavy atom. The van der Waals surface area contributed by atoms with Gasteiger partial charge >= 0.3 is 6.18 Å². The summed E-state index contributed by atoms with van der Waals surface area (Å²) in [4.78, 5) is 11.2. The van der Waals surface area contributed by atoms with Crippen LogP contribution in [0.4, 0.5) is 13.2 Å². The molecule has 4 nitrogen and oxygen atoms in total. The third-order valence-electron chi connectivity index (χ3n) is 1.94. The monoisotopic (exact) mass is 242 g/mol. The number of carbonyl (C=O) groups excluding carboxylic acids is 1. The van der Waals surface area contributed by atoms with Crippen molar-refractivity contribution < 1.29 is 23.1 Å². The number of alkyl halides is 3. The van der Waals surface area contributed by atoms with E-state index in [-0.39, 0.29) is 12.5 Å². The van der Waals surface area contributed by atoms with E-state index in [1.165, 1.54) is 6.92 Å². The van der Waals surface area contributed by atoms with E-state index in [9.17, 15) is 18.0 Å². The molecule has 0 aliphatic rings. The van der Waals surface area contributed by atoms with E-state index in [2.05, 4.69) is 5.32 Å². The van der Waals surface area contributed by atoms with Gasteiger partial charge in [0.2, 0.25) is 5.91 Å². The largest absolute Gasteiger partial charge is 0.405 e. The van der Waals surface area contributed by atoms with Crippen LogP contribution in [0.15, 0.2) is 0 Å². The molecule has 0 aromatic heterocycles. The first-order valence-corrected chi connectivity index (χ1v) is 4.95. The molecule has 0 aromatic rings. The van der Waals surface area contributed by atoms with Crippen LogP contribution >= 0.6 is 0 Å². The molecule has 0 bridgehead atoms. The van der Waals surface area contributed by atoms with Gasteiger partial charge in [-0.05, 0) is 12.8 Å². The minimum atomic E-state index is -4.40. The van der Waals surface area contributed by atoms with Crippen LogP contribution in [0.3, 0.4) is 0 Å². The highest BCUT2D eigenvalue weighted by Crippen LogP contribution is 2.12. The first-order valence-electron chi connectivity index (χ1n) is 4.95. The number of aliphatic hydroxyl groups excluding tert-OH is 1. The number of nitrogens with one attached hydrogen (secondary N) is 2. The second-order valence-electron chi connectivity index (χ2n) is 3.75. The molecule has 16 heavy (non-hydrogen) atoms. The fourth-order valence-electron chi connectivity index (χ4n) is 0.876. The predicted molar refractivity (Wildman–Crippen MR) is 52.8 cm³/mol. The number of amides is 1. The molecule has 0 aliphatic heterocycles. The number of rotatable bonds is 6. The number of hydrogen-bond donors (Lipinski definition) is 3. The van der Waals surface area contributed by atoms with Crippen molar-refractivity contribution in [1.82, 2.24) is 10.6 Å². The SMILES string of the molecule is CC(CO)CNC(C)C(=O)NCC(F)(F)F. The molecular weight excluding hydrogens is 225 g/mol. The minimum Gasteiger partial charge on any atom is -0.396 e. The first kappa shape index (κ1) is 15.2. The smallest absolute Gasteiger partial charge is 0.396 e. The number of aliphatic hydroxyl groups is 1. The van der Waals surface area contributed by atoms with E-state index >= 15 is 0 Å². The van der Waals surface area contributed by atoms with Gasteiger partial charge in [-0.3, -0.25) is 4.79 Å². The number of carbonyl (C=O) groups is 1. The van der Waals surface area contributed by atoms with Crippen molar-refractivity contribution in [3.05, 3.63) is 0 Å². The summed E-state index contributed by atoms with van der Waals surface area (Å²) >= 11 is 0. The Kier molecular flexibility index (Phi) is 6.35. The molecule has 0 radical (unpaired) electrons. The Morgan fingerprint density at radius 1 is 1.38 bits per heavy atom. The van der Waals surface area contributed by atoms with Gasteiger partial charge in [-0.15, -0.1) is 0 Å². The molecular formula is C9H17F3N2O2. The van der Waals surface area contributed by atoms with Crippen LogP contribution in [0.2, 0.25) is 0 Å². The van der Waals surface area contributed by atoms with Crippen LogP contribution in [0.25, 0.3) is 0 Å². The molecule has 0 fully saturated rings. The summed E-state index contributed by atoms with van der Waals surface area (Å²) in [6.45, 7) is 2.23. The fourth-order valence-corrected chi connectivity index (χ4v) is 0.876. The zero-order valence-electron chi connectivity index (χ0n) is 9.27. The van der Waals surface area contributed by atoms with Crippen LogP contribution in [-0.4, -0.2) is 42.9 Å². The van der Waals surface area contributed by atoms with E-state index in [0.29, 0.717) is 6.54 Å². The molecule has 0 aliphatic carbocycles. The van der Waals surface area contributed by atoms with Crippen molar-refractivity contribution in [3.8, 4) is 0 Å². The highest BCUT2D eigenvalue weighted by atomic mass is 19.4. The van der Waals surface area contributed by atoms with E-state index in [4.69, 9.17) is 5.11 Å². The lowest BCUT2D eigenvalue weighted by atomic mass is 10.2. The molecule has 0 spiro atoms. The van der Waals surface area contributed by atoms with E-state index < -0.39 is 24.7 Å². The van der Waals surface area contributed by atoms with Gasteiger partial charge in [-0.25, -0.2) is 0 Å². The highest BCUT2D eigenvalue weighted by molar-refractivity contribution is 5.81. The molecule has 3 N–H and O–H groups in total.